The number of carbonyl (C=O) groups is 5. The molecule has 1 heterocycles. The summed E-state index contributed by atoms with van der Waals surface area (Å²) < 4.78 is 0. The van der Waals surface area contributed by atoms with E-state index in [0.29, 0.717) is 19.4 Å². The van der Waals surface area contributed by atoms with E-state index in [4.69, 9.17) is 16.6 Å². The lowest BCUT2D eigenvalue weighted by atomic mass is 10.1. The first-order chi connectivity index (χ1) is 12.2. The molecule has 0 aromatic carbocycles. The highest BCUT2D eigenvalue weighted by molar-refractivity contribution is 7.80. The van der Waals surface area contributed by atoms with E-state index in [0.717, 1.165) is 0 Å². The number of amides is 4. The Morgan fingerprint density at radius 1 is 1.19 bits per heavy atom. The molecule has 12 heteroatoms. The highest BCUT2D eigenvalue weighted by atomic mass is 32.1. The number of hydrogen-bond acceptors (Lipinski definition) is 7. The lowest BCUT2D eigenvalue weighted by Gasteiger charge is -2.26. The Hall–Kier alpha value is -2.34. The number of carboxylic acid groups (broad SMARTS) is 1. The quantitative estimate of drug-likeness (QED) is 0.224. The summed E-state index contributed by atoms with van der Waals surface area (Å²) >= 11 is 3.82. The molecule has 3 atom stereocenters. The van der Waals surface area contributed by atoms with Crippen molar-refractivity contribution >= 4 is 42.2 Å². The summed E-state index contributed by atoms with van der Waals surface area (Å²) in [6.45, 7) is 0.110. The van der Waals surface area contributed by atoms with E-state index in [9.17, 15) is 24.0 Å². The van der Waals surface area contributed by atoms with Crippen LogP contribution in [0.15, 0.2) is 0 Å². The second-order valence-electron chi connectivity index (χ2n) is 5.76. The van der Waals surface area contributed by atoms with Crippen LogP contribution >= 0.6 is 12.6 Å². The van der Waals surface area contributed by atoms with Crippen LogP contribution in [0.25, 0.3) is 0 Å². The molecule has 0 spiro atoms. The third-order valence-corrected chi connectivity index (χ3v) is 4.25. The minimum Gasteiger partial charge on any atom is -0.480 e. The maximum Gasteiger partial charge on any atom is 0.327 e. The normalized spacial score (nSPS) is 18.7. The fourth-order valence-electron chi connectivity index (χ4n) is 2.59. The van der Waals surface area contributed by atoms with Crippen LogP contribution in [0.4, 0.5) is 0 Å². The minimum absolute atomic E-state index is 0.181. The van der Waals surface area contributed by atoms with Crippen LogP contribution in [-0.4, -0.2) is 76.6 Å². The Bertz CT molecular complexity index is 586. The molecule has 0 radical (unpaired) electrons. The zero-order chi connectivity index (χ0) is 19.9. The van der Waals surface area contributed by atoms with Crippen molar-refractivity contribution in [3.8, 4) is 0 Å². The minimum atomic E-state index is -1.36. The van der Waals surface area contributed by atoms with Crippen LogP contribution < -0.4 is 22.1 Å². The van der Waals surface area contributed by atoms with E-state index in [1.807, 2.05) is 0 Å². The SMILES string of the molecule is NCC(=O)N1CCCC1C(=O)NC(CC(N)=O)C(=O)NC(CS)C(=O)O. The molecule has 0 saturated carbocycles. The number of likely N-dealkylation sites (tertiary alicyclic amines) is 1. The van der Waals surface area contributed by atoms with Crippen molar-refractivity contribution < 1.29 is 29.1 Å². The van der Waals surface area contributed by atoms with Gasteiger partial charge in [0.05, 0.1) is 13.0 Å². The van der Waals surface area contributed by atoms with E-state index >= 15 is 0 Å². The number of carbonyl (C=O) groups excluding carboxylic acids is 4. The Kier molecular flexibility index (Phi) is 8.32. The lowest BCUT2D eigenvalue weighted by Crippen LogP contribution is -2.56. The Morgan fingerprint density at radius 3 is 2.35 bits per heavy atom. The van der Waals surface area contributed by atoms with E-state index in [-0.39, 0.29) is 12.3 Å². The molecular formula is C14H23N5O6S. The number of rotatable bonds is 9. The van der Waals surface area contributed by atoms with E-state index < -0.39 is 54.1 Å². The smallest absolute Gasteiger partial charge is 0.327 e. The molecule has 0 bridgehead atoms. The van der Waals surface area contributed by atoms with E-state index in [2.05, 4.69) is 23.3 Å². The lowest BCUT2D eigenvalue weighted by molar-refractivity contribution is -0.142. The van der Waals surface area contributed by atoms with Crippen molar-refractivity contribution in [3.63, 3.8) is 0 Å². The first kappa shape index (κ1) is 21.7. The van der Waals surface area contributed by atoms with Gasteiger partial charge in [-0.1, -0.05) is 0 Å². The van der Waals surface area contributed by atoms with Crippen molar-refractivity contribution in [1.82, 2.24) is 15.5 Å². The second kappa shape index (κ2) is 9.97. The van der Waals surface area contributed by atoms with E-state index in [1.165, 1.54) is 4.90 Å². The molecule has 11 nitrogen and oxygen atoms in total. The van der Waals surface area contributed by atoms with Crippen molar-refractivity contribution in [2.45, 2.75) is 37.4 Å². The predicted octanol–water partition coefficient (Wildman–Crippen LogP) is -3.20. The van der Waals surface area contributed by atoms with Gasteiger partial charge in [-0.3, -0.25) is 19.2 Å². The van der Waals surface area contributed by atoms with Gasteiger partial charge in [-0.05, 0) is 12.8 Å². The molecule has 1 aliphatic heterocycles. The molecule has 1 fully saturated rings. The predicted molar refractivity (Wildman–Crippen MR) is 93.0 cm³/mol. The molecule has 26 heavy (non-hydrogen) atoms. The molecule has 0 aromatic heterocycles. The van der Waals surface area contributed by atoms with E-state index in [1.54, 1.807) is 0 Å². The molecule has 0 aromatic rings. The summed E-state index contributed by atoms with van der Waals surface area (Å²) in [7, 11) is 0. The Balaban J connectivity index is 2.84. The third kappa shape index (κ3) is 5.88. The van der Waals surface area contributed by atoms with Crippen molar-refractivity contribution in [2.24, 2.45) is 11.5 Å². The van der Waals surface area contributed by atoms with Crippen LogP contribution in [0.5, 0.6) is 0 Å². The van der Waals surface area contributed by atoms with Gasteiger partial charge in [-0.25, -0.2) is 4.79 Å². The summed E-state index contributed by atoms with van der Waals surface area (Å²) in [5.41, 5.74) is 10.4. The van der Waals surface area contributed by atoms with Gasteiger partial charge in [0.1, 0.15) is 18.1 Å². The van der Waals surface area contributed by atoms with Crippen LogP contribution in [0.3, 0.4) is 0 Å². The molecule has 0 aliphatic carbocycles. The molecule has 7 N–H and O–H groups in total. The summed E-state index contributed by atoms with van der Waals surface area (Å²) in [6.07, 6.45) is 0.460. The molecule has 1 rings (SSSR count). The van der Waals surface area contributed by atoms with Crippen LogP contribution in [-0.2, 0) is 24.0 Å². The van der Waals surface area contributed by atoms with Gasteiger partial charge >= 0.3 is 5.97 Å². The Labute approximate surface area is 155 Å². The largest absolute Gasteiger partial charge is 0.480 e. The average Bonchev–Trinajstić information content (AvgIpc) is 3.07. The highest BCUT2D eigenvalue weighted by Gasteiger charge is 2.36. The topological polar surface area (TPSA) is 185 Å². The summed E-state index contributed by atoms with van der Waals surface area (Å²) in [5, 5.41) is 13.5. The Morgan fingerprint density at radius 2 is 1.85 bits per heavy atom. The average molecular weight is 389 g/mol. The number of hydrogen-bond donors (Lipinski definition) is 6. The summed E-state index contributed by atoms with van der Waals surface area (Å²) in [6, 6.07) is -3.47. The zero-order valence-electron chi connectivity index (χ0n) is 14.0. The molecule has 1 saturated heterocycles. The van der Waals surface area contributed by atoms with Gasteiger partial charge in [0.2, 0.25) is 23.6 Å². The van der Waals surface area contributed by atoms with Crippen LogP contribution in [0.1, 0.15) is 19.3 Å². The third-order valence-electron chi connectivity index (χ3n) is 3.89. The fourth-order valence-corrected chi connectivity index (χ4v) is 2.84. The number of nitrogens with one attached hydrogen (secondary N) is 2. The number of nitrogens with two attached hydrogens (primary N) is 2. The maximum atomic E-state index is 12.5. The summed E-state index contributed by atoms with van der Waals surface area (Å²) in [4.78, 5) is 60.0. The van der Waals surface area contributed by atoms with Gasteiger partial charge in [-0.2, -0.15) is 12.6 Å². The number of aliphatic carboxylic acids is 1. The van der Waals surface area contributed by atoms with Crippen LogP contribution in [0, 0.1) is 0 Å². The van der Waals surface area contributed by atoms with Crippen molar-refractivity contribution in [1.29, 1.82) is 0 Å². The standard InChI is InChI=1S/C14H23N5O6S/c15-5-11(21)19-3-1-2-9(19)13(23)17-7(4-10(16)20)12(22)18-8(6-26)14(24)25/h7-9,26H,1-6,15H2,(H2,16,20)(H,17,23)(H,18,22)(H,24,25). The summed E-state index contributed by atoms with van der Waals surface area (Å²) in [5.74, 6) is -4.27. The van der Waals surface area contributed by atoms with Gasteiger partial charge in [0, 0.05) is 12.3 Å². The fraction of sp³-hybridized carbons (Fsp3) is 0.643. The monoisotopic (exact) mass is 389 g/mol. The number of primary amides is 1. The zero-order valence-corrected chi connectivity index (χ0v) is 14.9. The van der Waals surface area contributed by atoms with Gasteiger partial charge < -0.3 is 32.1 Å². The molecule has 1 aliphatic rings. The molecular weight excluding hydrogens is 366 g/mol. The molecule has 4 amide bonds. The van der Waals surface area contributed by atoms with Gasteiger partial charge in [0.15, 0.2) is 0 Å². The molecule has 146 valence electrons. The van der Waals surface area contributed by atoms with Gasteiger partial charge in [-0.15, -0.1) is 0 Å². The van der Waals surface area contributed by atoms with Crippen LogP contribution in [0.2, 0.25) is 0 Å². The number of thiol groups is 1. The second-order valence-corrected chi connectivity index (χ2v) is 6.13. The van der Waals surface area contributed by atoms with Gasteiger partial charge in [0.25, 0.3) is 0 Å². The van der Waals surface area contributed by atoms with Crippen molar-refractivity contribution in [2.75, 3.05) is 18.8 Å². The highest BCUT2D eigenvalue weighted by Crippen LogP contribution is 2.17. The number of nitrogens with zero attached hydrogens (tertiary/aromatic N) is 1. The molecule has 3 unspecified atom stereocenters. The number of carboxylic acids is 1. The van der Waals surface area contributed by atoms with Crippen molar-refractivity contribution in [3.05, 3.63) is 0 Å². The maximum absolute atomic E-state index is 12.5. The first-order valence-corrected chi connectivity index (χ1v) is 8.56. The first-order valence-electron chi connectivity index (χ1n) is 7.93.